The number of carbonyl (C=O) groups is 1. The van der Waals surface area contributed by atoms with E-state index >= 15 is 0 Å². The second kappa shape index (κ2) is 2.39. The van der Waals surface area contributed by atoms with Gasteiger partial charge < -0.3 is 10.3 Å². The van der Waals surface area contributed by atoms with Crippen molar-refractivity contribution < 1.29 is 4.79 Å². The Morgan fingerprint density at radius 2 is 2.20 bits per heavy atom. The van der Waals surface area contributed by atoms with Gasteiger partial charge in [-0.05, 0) is 19.9 Å². The molecule has 0 fully saturated rings. The Morgan fingerprint density at radius 3 is 3.00 bits per heavy atom. The average Bonchev–Trinajstić information content (AvgIpc) is 2.71. The maximum atomic E-state index is 12.0. The molecule has 4 heteroatoms. The molecule has 0 bridgehead atoms. The molecule has 2 N–H and O–H groups in total. The molecule has 4 nitrogen and oxygen atoms in total. The fourth-order valence-electron chi connectivity index (χ4n) is 2.02. The topological polar surface area (TPSA) is 57.8 Å². The first-order valence-corrected chi connectivity index (χ1v) is 4.89. The molecule has 3 heterocycles. The number of Topliss-reactive ketones (excluding diaryl/α,β-unsaturated/α-hetero) is 1. The van der Waals surface area contributed by atoms with Crippen LogP contribution in [0.4, 0.5) is 5.69 Å². The molecule has 0 saturated carbocycles. The largest absolute Gasteiger partial charge is 0.372 e. The Morgan fingerprint density at radius 1 is 1.40 bits per heavy atom. The lowest BCUT2D eigenvalue weighted by Gasteiger charge is -2.16. The minimum absolute atomic E-state index is 0.105. The first-order valence-electron chi connectivity index (χ1n) is 4.89. The van der Waals surface area contributed by atoms with Gasteiger partial charge in [0.25, 0.3) is 0 Å². The van der Waals surface area contributed by atoms with Crippen LogP contribution in [0, 0.1) is 0 Å². The number of ketones is 1. The van der Waals surface area contributed by atoms with Crippen molar-refractivity contribution in [2.45, 2.75) is 19.4 Å². The summed E-state index contributed by atoms with van der Waals surface area (Å²) >= 11 is 0. The third kappa shape index (κ3) is 0.960. The fourth-order valence-corrected chi connectivity index (χ4v) is 2.02. The Labute approximate surface area is 86.7 Å². The maximum absolute atomic E-state index is 12.0. The number of pyridine rings is 1. The summed E-state index contributed by atoms with van der Waals surface area (Å²) in [5.41, 5.74) is 1.88. The third-order valence-electron chi connectivity index (χ3n) is 2.84. The minimum Gasteiger partial charge on any atom is -0.372 e. The number of aromatic amines is 1. The fraction of sp³-hybridized carbons (Fsp3) is 0.273. The smallest absolute Gasteiger partial charge is 0.191 e. The number of carbonyl (C=O) groups excluding carboxylic acids is 1. The molecule has 15 heavy (non-hydrogen) atoms. The van der Waals surface area contributed by atoms with Crippen LogP contribution < -0.4 is 5.32 Å². The summed E-state index contributed by atoms with van der Waals surface area (Å²) in [6.07, 6.45) is 3.47. The molecule has 0 radical (unpaired) electrons. The van der Waals surface area contributed by atoms with Crippen LogP contribution in [0.5, 0.6) is 0 Å². The van der Waals surface area contributed by atoms with Crippen molar-refractivity contribution >= 4 is 22.5 Å². The van der Waals surface area contributed by atoms with Crippen molar-refractivity contribution in [2.24, 2.45) is 0 Å². The molecule has 3 rings (SSSR count). The number of rotatable bonds is 0. The number of fused-ring (bicyclic) bond motifs is 3. The summed E-state index contributed by atoms with van der Waals surface area (Å²) in [5.74, 6) is 0.105. The molecule has 0 saturated heterocycles. The number of H-pyrrole nitrogens is 1. The molecule has 2 aromatic heterocycles. The van der Waals surface area contributed by atoms with Gasteiger partial charge in [-0.1, -0.05) is 0 Å². The maximum Gasteiger partial charge on any atom is 0.191 e. The molecule has 1 aliphatic heterocycles. The van der Waals surface area contributed by atoms with Crippen molar-refractivity contribution in [1.29, 1.82) is 0 Å². The van der Waals surface area contributed by atoms with Gasteiger partial charge in [0, 0.05) is 17.8 Å². The monoisotopic (exact) mass is 201 g/mol. The molecule has 0 atom stereocenters. The summed E-state index contributed by atoms with van der Waals surface area (Å²) in [5, 5.41) is 4.22. The van der Waals surface area contributed by atoms with Gasteiger partial charge in [0.2, 0.25) is 0 Å². The highest BCUT2D eigenvalue weighted by Gasteiger charge is 2.38. The van der Waals surface area contributed by atoms with Crippen LogP contribution in [0.25, 0.3) is 11.0 Å². The van der Waals surface area contributed by atoms with E-state index in [4.69, 9.17) is 0 Å². The van der Waals surface area contributed by atoms with Gasteiger partial charge in [0.1, 0.15) is 5.65 Å². The van der Waals surface area contributed by atoms with E-state index in [1.54, 1.807) is 6.20 Å². The first kappa shape index (κ1) is 8.47. The SMILES string of the molecule is CC1(C)Nc2c(cnc3[nH]ccc23)C1=O. The van der Waals surface area contributed by atoms with E-state index < -0.39 is 5.54 Å². The summed E-state index contributed by atoms with van der Waals surface area (Å²) < 4.78 is 0. The van der Waals surface area contributed by atoms with Gasteiger partial charge in [-0.25, -0.2) is 4.98 Å². The molecule has 0 amide bonds. The van der Waals surface area contributed by atoms with Gasteiger partial charge in [0.05, 0.1) is 16.8 Å². The van der Waals surface area contributed by atoms with Crippen LogP contribution in [0.2, 0.25) is 0 Å². The highest BCUT2D eigenvalue weighted by Crippen LogP contribution is 2.36. The Hall–Kier alpha value is -1.84. The van der Waals surface area contributed by atoms with Crippen LogP contribution in [-0.4, -0.2) is 21.3 Å². The number of nitrogens with zero attached hydrogens (tertiary/aromatic N) is 1. The van der Waals surface area contributed by atoms with Crippen LogP contribution in [0.1, 0.15) is 24.2 Å². The van der Waals surface area contributed by atoms with E-state index in [1.165, 1.54) is 0 Å². The normalized spacial score (nSPS) is 17.9. The molecule has 1 aliphatic rings. The molecule has 0 unspecified atom stereocenters. The summed E-state index contributed by atoms with van der Waals surface area (Å²) in [4.78, 5) is 19.2. The molecule has 0 aliphatic carbocycles. The van der Waals surface area contributed by atoms with E-state index in [0.29, 0.717) is 5.56 Å². The zero-order valence-electron chi connectivity index (χ0n) is 8.59. The molecule has 0 spiro atoms. The minimum atomic E-state index is -0.518. The second-order valence-corrected chi connectivity index (χ2v) is 4.37. The molecular formula is C11H11N3O. The Kier molecular flexibility index (Phi) is 1.35. The summed E-state index contributed by atoms with van der Waals surface area (Å²) in [7, 11) is 0. The quantitative estimate of drug-likeness (QED) is 0.685. The van der Waals surface area contributed by atoms with Crippen LogP contribution in [0.3, 0.4) is 0 Å². The van der Waals surface area contributed by atoms with E-state index in [9.17, 15) is 4.79 Å². The van der Waals surface area contributed by atoms with Gasteiger partial charge in [-0.3, -0.25) is 4.79 Å². The molecule has 2 aromatic rings. The number of nitrogens with one attached hydrogen (secondary N) is 2. The van der Waals surface area contributed by atoms with Gasteiger partial charge >= 0.3 is 0 Å². The summed E-state index contributed by atoms with van der Waals surface area (Å²) in [6, 6.07) is 1.93. The molecule has 76 valence electrons. The van der Waals surface area contributed by atoms with Crippen molar-refractivity contribution in [2.75, 3.05) is 5.32 Å². The Bertz CT molecular complexity index is 568. The average molecular weight is 201 g/mol. The predicted octanol–water partition coefficient (Wildman–Crippen LogP) is 1.95. The van der Waals surface area contributed by atoms with Gasteiger partial charge in [0.15, 0.2) is 5.78 Å². The van der Waals surface area contributed by atoms with Gasteiger partial charge in [-0.15, -0.1) is 0 Å². The van der Waals surface area contributed by atoms with Crippen molar-refractivity contribution in [3.05, 3.63) is 24.0 Å². The summed E-state index contributed by atoms with van der Waals surface area (Å²) in [6.45, 7) is 3.77. The third-order valence-corrected chi connectivity index (χ3v) is 2.84. The number of hydrogen-bond donors (Lipinski definition) is 2. The van der Waals surface area contributed by atoms with Crippen molar-refractivity contribution in [3.63, 3.8) is 0 Å². The number of hydrogen-bond acceptors (Lipinski definition) is 3. The molecular weight excluding hydrogens is 190 g/mol. The number of aromatic nitrogens is 2. The second-order valence-electron chi connectivity index (χ2n) is 4.37. The van der Waals surface area contributed by atoms with Crippen LogP contribution in [0.15, 0.2) is 18.5 Å². The lowest BCUT2D eigenvalue weighted by atomic mass is 9.99. The van der Waals surface area contributed by atoms with Crippen molar-refractivity contribution in [3.8, 4) is 0 Å². The van der Waals surface area contributed by atoms with Crippen LogP contribution >= 0.6 is 0 Å². The predicted molar refractivity (Wildman–Crippen MR) is 58.1 cm³/mol. The lowest BCUT2D eigenvalue weighted by Crippen LogP contribution is -2.33. The van der Waals surface area contributed by atoms with Crippen LogP contribution in [-0.2, 0) is 0 Å². The van der Waals surface area contributed by atoms with E-state index in [0.717, 1.165) is 16.7 Å². The highest BCUT2D eigenvalue weighted by molar-refractivity contribution is 6.17. The molecule has 0 aromatic carbocycles. The van der Waals surface area contributed by atoms with Gasteiger partial charge in [-0.2, -0.15) is 0 Å². The first-order chi connectivity index (χ1) is 7.09. The zero-order chi connectivity index (χ0) is 10.6. The van der Waals surface area contributed by atoms with E-state index in [2.05, 4.69) is 15.3 Å². The number of anilines is 1. The lowest BCUT2D eigenvalue weighted by molar-refractivity contribution is 0.0939. The standard InChI is InChI=1S/C11H11N3O/c1-11(2)9(15)7-5-13-10-6(3-4-12-10)8(7)14-11/h3-5,14H,1-2H3,(H,12,13). The van der Waals surface area contributed by atoms with E-state index in [1.807, 2.05) is 26.1 Å². The Balaban J connectivity index is 2.36. The van der Waals surface area contributed by atoms with Crippen molar-refractivity contribution in [1.82, 2.24) is 9.97 Å². The zero-order valence-corrected chi connectivity index (χ0v) is 8.59. The highest BCUT2D eigenvalue weighted by atomic mass is 16.1. The van der Waals surface area contributed by atoms with E-state index in [-0.39, 0.29) is 5.78 Å².